The van der Waals surface area contributed by atoms with Crippen molar-refractivity contribution in [2.75, 3.05) is 27.4 Å². The van der Waals surface area contributed by atoms with Crippen LogP contribution >= 0.6 is 0 Å². The Morgan fingerprint density at radius 1 is 0.804 bits per heavy atom. The van der Waals surface area contributed by atoms with E-state index in [1.807, 2.05) is 0 Å². The minimum atomic E-state index is -2.00. The van der Waals surface area contributed by atoms with Gasteiger partial charge in [-0.15, -0.1) is 0 Å². The number of phenolic OH excluding ortho intramolecular Hbond substituents is 3. The zero-order valence-electron chi connectivity index (χ0n) is 29.7. The smallest absolute Gasteiger partial charge is 0.330 e. The SMILES string of the molecule is COc1cc(/C=C/C(=O)OCC2OC(OC3C(c4c(OC)cc5oc(-c6ccc(O)cc6)cc(=O)c5c4O)OC(CO)C(O)C3O)C(O)C(O)C2O)ccc1O. The van der Waals surface area contributed by atoms with E-state index >= 15 is 0 Å². The number of hydrogen-bond acceptors (Lipinski definition) is 18. The van der Waals surface area contributed by atoms with Gasteiger partial charge in [-0.25, -0.2) is 4.79 Å². The lowest BCUT2D eigenvalue weighted by Gasteiger charge is -2.46. The van der Waals surface area contributed by atoms with Gasteiger partial charge in [0.05, 0.1) is 26.4 Å². The predicted octanol–water partition coefficient (Wildman–Crippen LogP) is 0.197. The van der Waals surface area contributed by atoms with Crippen molar-refractivity contribution < 1.29 is 83.6 Å². The number of fused-ring (bicyclic) bond motifs is 1. The normalized spacial score (nSPS) is 28.0. The van der Waals surface area contributed by atoms with E-state index in [1.165, 1.54) is 68.8 Å². The summed E-state index contributed by atoms with van der Waals surface area (Å²) in [5.74, 6) is -1.70. The van der Waals surface area contributed by atoms with Crippen LogP contribution in [0.2, 0.25) is 0 Å². The molecule has 2 aliphatic heterocycles. The fourth-order valence-corrected chi connectivity index (χ4v) is 6.48. The molecule has 6 rings (SSSR count). The number of hydrogen-bond donors (Lipinski definition) is 9. The van der Waals surface area contributed by atoms with E-state index in [0.29, 0.717) is 11.1 Å². The van der Waals surface area contributed by atoms with Crippen LogP contribution in [0, 0.1) is 0 Å². The monoisotopic (exact) mass is 784 g/mol. The summed E-state index contributed by atoms with van der Waals surface area (Å²) in [6, 6.07) is 12.5. The molecular formula is C38H40O18. The number of rotatable bonds is 11. The lowest BCUT2D eigenvalue weighted by atomic mass is 9.89. The number of benzene rings is 3. The zero-order valence-corrected chi connectivity index (χ0v) is 29.7. The summed E-state index contributed by atoms with van der Waals surface area (Å²) in [6.45, 7) is -1.50. The molecule has 18 nitrogen and oxygen atoms in total. The highest BCUT2D eigenvalue weighted by molar-refractivity contribution is 5.88. The summed E-state index contributed by atoms with van der Waals surface area (Å²) in [7, 11) is 2.57. The zero-order chi connectivity index (χ0) is 40.4. The van der Waals surface area contributed by atoms with E-state index in [9.17, 15) is 55.5 Å². The highest BCUT2D eigenvalue weighted by Gasteiger charge is 2.52. The molecule has 10 unspecified atom stereocenters. The summed E-state index contributed by atoms with van der Waals surface area (Å²) in [5.41, 5.74) is -0.256. The van der Waals surface area contributed by atoms with Crippen molar-refractivity contribution in [1.82, 2.24) is 0 Å². The van der Waals surface area contributed by atoms with Gasteiger partial charge in [0.2, 0.25) is 0 Å². The first-order valence-electron chi connectivity index (χ1n) is 17.1. The molecule has 0 saturated carbocycles. The van der Waals surface area contributed by atoms with E-state index in [-0.39, 0.29) is 45.3 Å². The lowest BCUT2D eigenvalue weighted by molar-refractivity contribution is -0.342. The quantitative estimate of drug-likeness (QED) is 0.0725. The second kappa shape index (κ2) is 16.8. The first kappa shape index (κ1) is 40.4. The second-order valence-electron chi connectivity index (χ2n) is 13.0. The van der Waals surface area contributed by atoms with Gasteiger partial charge >= 0.3 is 5.97 Å². The molecule has 3 aromatic carbocycles. The maximum Gasteiger partial charge on any atom is 0.330 e. The molecule has 0 spiro atoms. The third-order valence-corrected chi connectivity index (χ3v) is 9.48. The number of aliphatic hydroxyl groups is 6. The predicted molar refractivity (Wildman–Crippen MR) is 191 cm³/mol. The van der Waals surface area contributed by atoms with Crippen LogP contribution in [0.25, 0.3) is 28.4 Å². The Labute approximate surface area is 317 Å². The Balaban J connectivity index is 1.28. The highest BCUT2D eigenvalue weighted by Crippen LogP contribution is 2.46. The van der Waals surface area contributed by atoms with Gasteiger partial charge in [0, 0.05) is 23.8 Å². The van der Waals surface area contributed by atoms with Gasteiger partial charge in [-0.05, 0) is 48.0 Å². The first-order valence-corrected chi connectivity index (χ1v) is 17.1. The largest absolute Gasteiger partial charge is 0.508 e. The van der Waals surface area contributed by atoms with Crippen molar-refractivity contribution in [1.29, 1.82) is 0 Å². The molecule has 2 aliphatic rings. The lowest BCUT2D eigenvalue weighted by Crippen LogP contribution is -2.63. The minimum Gasteiger partial charge on any atom is -0.508 e. The number of carbonyl (C=O) groups is 1. The van der Waals surface area contributed by atoms with Crippen molar-refractivity contribution in [2.45, 2.75) is 61.2 Å². The molecule has 1 aromatic heterocycles. The molecule has 0 amide bonds. The van der Waals surface area contributed by atoms with Crippen LogP contribution in [-0.2, 0) is 23.7 Å². The van der Waals surface area contributed by atoms with E-state index in [1.54, 1.807) is 0 Å². The van der Waals surface area contributed by atoms with Crippen molar-refractivity contribution in [3.05, 3.63) is 82.0 Å². The Morgan fingerprint density at radius 2 is 1.50 bits per heavy atom. The van der Waals surface area contributed by atoms with Crippen molar-refractivity contribution >= 4 is 23.0 Å². The van der Waals surface area contributed by atoms with Gasteiger partial charge in [-0.3, -0.25) is 4.79 Å². The molecule has 0 bridgehead atoms. The maximum absolute atomic E-state index is 13.5. The molecule has 0 aliphatic carbocycles. The fraction of sp³-hybridized carbons (Fsp3) is 0.368. The van der Waals surface area contributed by atoms with Crippen molar-refractivity contribution in [3.8, 4) is 40.1 Å². The standard InChI is InChI=1S/C38H40O18/c1-50-22-11-16(3-9-19(22)41)4-10-27(43)52-15-26-31(45)33(47)35(49)38(55-26)56-37-34(48)30(44)25(14-39)54-36(37)29-23(51-2)13-24-28(32(29)46)20(42)12-21(53-24)17-5-7-18(40)8-6-17/h3-13,25-26,30-31,33-41,44-49H,14-15H2,1-2H3/b10-4+. The molecular weight excluding hydrogens is 744 g/mol. The average molecular weight is 785 g/mol. The Morgan fingerprint density at radius 3 is 2.18 bits per heavy atom. The first-order chi connectivity index (χ1) is 26.8. The van der Waals surface area contributed by atoms with E-state index in [2.05, 4.69) is 0 Å². The highest BCUT2D eigenvalue weighted by atomic mass is 16.7. The van der Waals surface area contributed by atoms with E-state index in [0.717, 1.165) is 12.1 Å². The molecule has 0 radical (unpaired) electrons. The van der Waals surface area contributed by atoms with E-state index < -0.39 is 91.6 Å². The van der Waals surface area contributed by atoms with Crippen LogP contribution in [0.3, 0.4) is 0 Å². The molecule has 300 valence electrons. The molecule has 4 aromatic rings. The summed E-state index contributed by atoms with van der Waals surface area (Å²) in [4.78, 5) is 26.0. The summed E-state index contributed by atoms with van der Waals surface area (Å²) < 4.78 is 39.2. The van der Waals surface area contributed by atoms with Crippen LogP contribution in [0.5, 0.6) is 28.7 Å². The average Bonchev–Trinajstić information content (AvgIpc) is 3.19. The Kier molecular flexibility index (Phi) is 12.1. The van der Waals surface area contributed by atoms with E-state index in [4.69, 9.17) is 32.8 Å². The van der Waals surface area contributed by atoms with Crippen LogP contribution in [-0.4, -0.2) is 134 Å². The Bertz CT molecular complexity index is 2110. The van der Waals surface area contributed by atoms with Crippen molar-refractivity contribution in [3.63, 3.8) is 0 Å². The summed E-state index contributed by atoms with van der Waals surface area (Å²) >= 11 is 0. The van der Waals surface area contributed by atoms with Crippen LogP contribution < -0.4 is 14.9 Å². The van der Waals surface area contributed by atoms with Crippen LogP contribution in [0.15, 0.2) is 69.9 Å². The van der Waals surface area contributed by atoms with Gasteiger partial charge in [-0.1, -0.05) is 6.07 Å². The topological polar surface area (TPSA) is 285 Å². The molecule has 3 heterocycles. The number of phenols is 3. The van der Waals surface area contributed by atoms with Gasteiger partial charge in [0.15, 0.2) is 23.2 Å². The molecule has 2 saturated heterocycles. The number of ether oxygens (including phenoxy) is 6. The summed E-state index contributed by atoms with van der Waals surface area (Å²) in [6.07, 6.45) is -15.5. The number of esters is 1. The molecule has 18 heteroatoms. The maximum atomic E-state index is 13.5. The van der Waals surface area contributed by atoms with Gasteiger partial charge in [0.25, 0.3) is 0 Å². The van der Waals surface area contributed by atoms with Gasteiger partial charge < -0.3 is 78.8 Å². The Hall–Kier alpha value is -5.28. The molecule has 2 fully saturated rings. The van der Waals surface area contributed by atoms with Crippen LogP contribution in [0.4, 0.5) is 0 Å². The molecule has 56 heavy (non-hydrogen) atoms. The number of aliphatic hydroxyl groups excluding tert-OH is 6. The fourth-order valence-electron chi connectivity index (χ4n) is 6.48. The number of methoxy groups -OCH3 is 2. The van der Waals surface area contributed by atoms with Gasteiger partial charge in [-0.2, -0.15) is 0 Å². The van der Waals surface area contributed by atoms with Crippen LogP contribution in [0.1, 0.15) is 17.2 Å². The molecule has 9 N–H and O–H groups in total. The third kappa shape index (κ3) is 8.01. The minimum absolute atomic E-state index is 0.0214. The van der Waals surface area contributed by atoms with Crippen molar-refractivity contribution in [2.24, 2.45) is 0 Å². The second-order valence-corrected chi connectivity index (χ2v) is 13.0. The number of aromatic hydroxyl groups is 3. The van der Waals surface area contributed by atoms with Gasteiger partial charge in [0.1, 0.15) is 95.5 Å². The number of carbonyl (C=O) groups excluding carboxylic acids is 1. The molecule has 10 atom stereocenters. The third-order valence-electron chi connectivity index (χ3n) is 9.48. The summed E-state index contributed by atoms with van der Waals surface area (Å²) in [5, 5.41) is 95.2.